The summed E-state index contributed by atoms with van der Waals surface area (Å²) in [7, 11) is 3.23. The summed E-state index contributed by atoms with van der Waals surface area (Å²) in [6.07, 6.45) is -1.11. The van der Waals surface area contributed by atoms with Crippen LogP contribution in [0.5, 0.6) is 5.75 Å². The van der Waals surface area contributed by atoms with Gasteiger partial charge in [0.15, 0.2) is 0 Å². The van der Waals surface area contributed by atoms with Gasteiger partial charge >= 0.3 is 12.0 Å². The minimum Gasteiger partial charge on any atom is -0.497 e. The predicted octanol–water partition coefficient (Wildman–Crippen LogP) is 2.06. The van der Waals surface area contributed by atoms with E-state index in [1.165, 1.54) is 9.91 Å². The van der Waals surface area contributed by atoms with Crippen LogP contribution in [-0.2, 0) is 20.9 Å². The van der Waals surface area contributed by atoms with Gasteiger partial charge in [-0.3, -0.25) is 14.4 Å². The number of rotatable bonds is 8. The molecular formula is C27H33N5O6. The first-order valence-corrected chi connectivity index (χ1v) is 12.5. The second kappa shape index (κ2) is 11.5. The van der Waals surface area contributed by atoms with Crippen molar-refractivity contribution in [3.05, 3.63) is 65.7 Å². The lowest BCUT2D eigenvalue weighted by Crippen LogP contribution is -2.76. The van der Waals surface area contributed by atoms with Crippen molar-refractivity contribution in [2.75, 3.05) is 27.2 Å². The minimum absolute atomic E-state index is 0.0422. The third-order valence-electron chi connectivity index (χ3n) is 7.08. The quantitative estimate of drug-likeness (QED) is 0.543. The standard InChI is InChI=1S/C27H33N5O6/c1-18(20-7-5-4-6-8-20)30-16-23-31(22(26(30)36)13-14-25(34)35)24(33)17-29(2)32(23)27(37)28-15-19-9-11-21(38-3)12-10-19/h4-12,18,22-23H,13-17H2,1-3H3,(H,28,37)(H,34,35)/t18-,22-,23-/m0/s1. The average molecular weight is 524 g/mol. The number of ether oxygens (including phenoxy) is 1. The van der Waals surface area contributed by atoms with Crippen LogP contribution in [0.25, 0.3) is 0 Å². The van der Waals surface area contributed by atoms with Gasteiger partial charge in [-0.1, -0.05) is 42.5 Å². The fraction of sp³-hybridized carbons (Fsp3) is 0.407. The molecule has 2 aliphatic heterocycles. The molecule has 0 bridgehead atoms. The van der Waals surface area contributed by atoms with Crippen molar-refractivity contribution >= 4 is 23.8 Å². The van der Waals surface area contributed by atoms with E-state index < -0.39 is 24.2 Å². The Morgan fingerprint density at radius 2 is 1.79 bits per heavy atom. The molecule has 3 atom stereocenters. The monoisotopic (exact) mass is 523 g/mol. The van der Waals surface area contributed by atoms with Crippen LogP contribution in [0, 0.1) is 0 Å². The van der Waals surface area contributed by atoms with Crippen molar-refractivity contribution in [2.24, 2.45) is 0 Å². The third-order valence-corrected chi connectivity index (χ3v) is 7.08. The van der Waals surface area contributed by atoms with Crippen LogP contribution in [0.4, 0.5) is 4.79 Å². The van der Waals surface area contributed by atoms with Gasteiger partial charge in [-0.2, -0.15) is 0 Å². The van der Waals surface area contributed by atoms with E-state index in [1.807, 2.05) is 49.4 Å². The number of amides is 4. The highest BCUT2D eigenvalue weighted by Gasteiger charge is 2.51. The van der Waals surface area contributed by atoms with Crippen molar-refractivity contribution in [2.45, 2.75) is 44.6 Å². The molecule has 2 saturated heterocycles. The Balaban J connectivity index is 1.61. The second-order valence-corrected chi connectivity index (χ2v) is 9.47. The van der Waals surface area contributed by atoms with Gasteiger partial charge in [0.2, 0.25) is 11.8 Å². The Morgan fingerprint density at radius 1 is 1.11 bits per heavy atom. The fourth-order valence-electron chi connectivity index (χ4n) is 5.06. The molecule has 2 N–H and O–H groups in total. The molecule has 11 nitrogen and oxygen atoms in total. The van der Waals surface area contributed by atoms with Gasteiger partial charge in [-0.05, 0) is 36.6 Å². The van der Waals surface area contributed by atoms with E-state index in [0.29, 0.717) is 5.75 Å². The summed E-state index contributed by atoms with van der Waals surface area (Å²) >= 11 is 0. The number of hydrogen-bond acceptors (Lipinski definition) is 6. The zero-order chi connectivity index (χ0) is 27.4. The molecule has 11 heteroatoms. The molecule has 202 valence electrons. The molecule has 0 radical (unpaired) electrons. The first-order valence-electron chi connectivity index (χ1n) is 12.5. The van der Waals surface area contributed by atoms with Crippen LogP contribution >= 0.6 is 0 Å². The van der Waals surface area contributed by atoms with E-state index in [9.17, 15) is 24.3 Å². The molecule has 2 fully saturated rings. The number of carboxylic acids is 1. The zero-order valence-electron chi connectivity index (χ0n) is 21.7. The molecule has 0 aromatic heterocycles. The number of methoxy groups -OCH3 is 1. The number of urea groups is 1. The Labute approximate surface area is 221 Å². The smallest absolute Gasteiger partial charge is 0.334 e. The lowest BCUT2D eigenvalue weighted by atomic mass is 9.98. The van der Waals surface area contributed by atoms with E-state index in [-0.39, 0.29) is 50.3 Å². The molecule has 0 saturated carbocycles. The van der Waals surface area contributed by atoms with Gasteiger partial charge in [-0.25, -0.2) is 14.8 Å². The maximum absolute atomic E-state index is 13.7. The van der Waals surface area contributed by atoms with Crippen molar-refractivity contribution in [1.29, 1.82) is 0 Å². The predicted molar refractivity (Wildman–Crippen MR) is 138 cm³/mol. The molecule has 2 aliphatic rings. The largest absolute Gasteiger partial charge is 0.497 e. The van der Waals surface area contributed by atoms with E-state index in [1.54, 1.807) is 36.2 Å². The first-order chi connectivity index (χ1) is 18.2. The highest BCUT2D eigenvalue weighted by molar-refractivity contribution is 5.92. The van der Waals surface area contributed by atoms with E-state index in [0.717, 1.165) is 11.1 Å². The van der Waals surface area contributed by atoms with Crippen LogP contribution < -0.4 is 10.1 Å². The molecule has 2 aromatic carbocycles. The van der Waals surface area contributed by atoms with Gasteiger partial charge in [0.25, 0.3) is 0 Å². The van der Waals surface area contributed by atoms with E-state index in [4.69, 9.17) is 4.74 Å². The SMILES string of the molecule is COc1ccc(CNC(=O)N2[C@H]3CN([C@@H](C)c4ccccc4)C(=O)[C@H](CCC(=O)O)N3C(=O)CN2C)cc1. The number of hydrazine groups is 1. The Morgan fingerprint density at radius 3 is 2.42 bits per heavy atom. The maximum atomic E-state index is 13.7. The summed E-state index contributed by atoms with van der Waals surface area (Å²) in [5.41, 5.74) is 1.77. The molecule has 0 spiro atoms. The van der Waals surface area contributed by atoms with Gasteiger partial charge < -0.3 is 25.0 Å². The summed E-state index contributed by atoms with van der Waals surface area (Å²) in [5.74, 6) is -1.00. The average Bonchev–Trinajstić information content (AvgIpc) is 2.91. The van der Waals surface area contributed by atoms with E-state index in [2.05, 4.69) is 5.32 Å². The maximum Gasteiger partial charge on any atom is 0.334 e. The number of carbonyl (C=O) groups excluding carboxylic acids is 3. The molecule has 2 aromatic rings. The van der Waals surface area contributed by atoms with Crippen LogP contribution in [0.1, 0.15) is 36.9 Å². The summed E-state index contributed by atoms with van der Waals surface area (Å²) in [5, 5.41) is 15.2. The molecule has 0 aliphatic carbocycles. The highest BCUT2D eigenvalue weighted by Crippen LogP contribution is 2.32. The van der Waals surface area contributed by atoms with Crippen LogP contribution in [-0.4, -0.2) is 88.2 Å². The lowest BCUT2D eigenvalue weighted by Gasteiger charge is -2.55. The number of carbonyl (C=O) groups is 4. The summed E-state index contributed by atoms with van der Waals surface area (Å²) < 4.78 is 5.18. The zero-order valence-corrected chi connectivity index (χ0v) is 21.7. The van der Waals surface area contributed by atoms with Crippen LogP contribution in [0.15, 0.2) is 54.6 Å². The minimum atomic E-state index is -1.06. The highest BCUT2D eigenvalue weighted by atomic mass is 16.5. The number of piperazine rings is 1. The van der Waals surface area contributed by atoms with Crippen molar-refractivity contribution in [3.63, 3.8) is 0 Å². The van der Waals surface area contributed by atoms with E-state index >= 15 is 0 Å². The molecular weight excluding hydrogens is 490 g/mol. The number of hydrogen-bond donors (Lipinski definition) is 2. The number of aliphatic carboxylic acids is 1. The normalized spacial score (nSPS) is 20.7. The summed E-state index contributed by atoms with van der Waals surface area (Å²) in [6.45, 7) is 2.11. The number of carboxylic acid groups (broad SMARTS) is 1. The fourth-order valence-corrected chi connectivity index (χ4v) is 5.06. The molecule has 38 heavy (non-hydrogen) atoms. The molecule has 4 rings (SSSR count). The number of likely N-dealkylation sites (N-methyl/N-ethyl adjacent to an activating group) is 1. The van der Waals surface area contributed by atoms with Crippen molar-refractivity contribution in [3.8, 4) is 5.75 Å². The Hall–Kier alpha value is -4.12. The van der Waals surface area contributed by atoms with Crippen LogP contribution in [0.3, 0.4) is 0 Å². The van der Waals surface area contributed by atoms with Gasteiger partial charge in [0.1, 0.15) is 18.0 Å². The van der Waals surface area contributed by atoms with Gasteiger partial charge in [-0.15, -0.1) is 0 Å². The second-order valence-electron chi connectivity index (χ2n) is 9.47. The lowest BCUT2D eigenvalue weighted by molar-refractivity contribution is -0.189. The number of nitrogens with one attached hydrogen (secondary N) is 1. The topological polar surface area (TPSA) is 123 Å². The molecule has 4 amide bonds. The number of fused-ring (bicyclic) bond motifs is 1. The summed E-state index contributed by atoms with van der Waals surface area (Å²) in [6, 6.07) is 15.0. The summed E-state index contributed by atoms with van der Waals surface area (Å²) in [4.78, 5) is 54.8. The number of nitrogens with zero attached hydrogens (tertiary/aromatic N) is 4. The van der Waals surface area contributed by atoms with Gasteiger partial charge in [0.05, 0.1) is 26.2 Å². The first kappa shape index (κ1) is 26.9. The van der Waals surface area contributed by atoms with Crippen molar-refractivity contribution < 1.29 is 29.0 Å². The van der Waals surface area contributed by atoms with Crippen LogP contribution in [0.2, 0.25) is 0 Å². The number of benzene rings is 2. The van der Waals surface area contributed by atoms with Crippen molar-refractivity contribution in [1.82, 2.24) is 25.1 Å². The van der Waals surface area contributed by atoms with Gasteiger partial charge in [0, 0.05) is 20.0 Å². The Bertz CT molecular complexity index is 1170. The molecule has 0 unspecified atom stereocenters. The molecule has 2 heterocycles. The third kappa shape index (κ3) is 5.57. The Kier molecular flexibility index (Phi) is 8.16.